The van der Waals surface area contributed by atoms with Gasteiger partial charge in [0, 0.05) is 0 Å². The van der Waals surface area contributed by atoms with Gasteiger partial charge in [-0.15, -0.1) is 0 Å². The van der Waals surface area contributed by atoms with Crippen molar-refractivity contribution in [2.75, 3.05) is 6.61 Å². The monoisotopic (exact) mass is 246 g/mol. The minimum atomic E-state index is -1.14. The average molecular weight is 246 g/mol. The third-order valence-corrected chi connectivity index (χ3v) is 2.63. The van der Waals surface area contributed by atoms with Crippen LogP contribution in [0.4, 0.5) is 0 Å². The molecule has 0 radical (unpaired) electrons. The number of esters is 1. The van der Waals surface area contributed by atoms with Gasteiger partial charge < -0.3 is 4.74 Å². The first-order chi connectivity index (χ1) is 8.48. The van der Waals surface area contributed by atoms with Crippen LogP contribution in [0.25, 0.3) is 6.08 Å². The lowest BCUT2D eigenvalue weighted by Crippen LogP contribution is -2.34. The lowest BCUT2D eigenvalue weighted by atomic mass is 9.87. The first-order valence-electron chi connectivity index (χ1n) is 5.93. The smallest absolute Gasteiger partial charge is 0.319 e. The SMILES string of the molecule is CCOC(=O)C(C)(C)C(=O)/C=C/c1ccccc1. The van der Waals surface area contributed by atoms with E-state index in [1.165, 1.54) is 6.08 Å². The van der Waals surface area contributed by atoms with Crippen molar-refractivity contribution in [1.29, 1.82) is 0 Å². The molecule has 0 amide bonds. The second-order valence-corrected chi connectivity index (χ2v) is 4.45. The van der Waals surface area contributed by atoms with E-state index in [1.807, 2.05) is 30.3 Å². The van der Waals surface area contributed by atoms with E-state index < -0.39 is 11.4 Å². The maximum Gasteiger partial charge on any atom is 0.319 e. The van der Waals surface area contributed by atoms with Crippen LogP contribution in [0.15, 0.2) is 36.4 Å². The van der Waals surface area contributed by atoms with Crippen LogP contribution in [0.2, 0.25) is 0 Å². The molecule has 0 fully saturated rings. The standard InChI is InChI=1S/C15H18O3/c1-4-18-14(17)15(2,3)13(16)11-10-12-8-6-5-7-9-12/h5-11H,4H2,1-3H3/b11-10+. The molecule has 0 bridgehead atoms. The highest BCUT2D eigenvalue weighted by molar-refractivity contribution is 6.10. The number of rotatable bonds is 5. The van der Waals surface area contributed by atoms with Crippen LogP contribution < -0.4 is 0 Å². The zero-order chi connectivity index (χ0) is 13.6. The molecule has 0 spiro atoms. The Kier molecular flexibility index (Phi) is 4.84. The molecule has 0 atom stereocenters. The quantitative estimate of drug-likeness (QED) is 0.456. The van der Waals surface area contributed by atoms with Gasteiger partial charge in [-0.25, -0.2) is 0 Å². The van der Waals surface area contributed by atoms with Crippen LogP contribution in [0.3, 0.4) is 0 Å². The lowest BCUT2D eigenvalue weighted by molar-refractivity contribution is -0.156. The van der Waals surface area contributed by atoms with E-state index in [0.717, 1.165) is 5.56 Å². The van der Waals surface area contributed by atoms with E-state index in [4.69, 9.17) is 4.74 Å². The topological polar surface area (TPSA) is 43.4 Å². The first kappa shape index (κ1) is 14.2. The van der Waals surface area contributed by atoms with Crippen molar-refractivity contribution in [1.82, 2.24) is 0 Å². The highest BCUT2D eigenvalue weighted by atomic mass is 16.5. The molecular formula is C15H18O3. The highest BCUT2D eigenvalue weighted by Crippen LogP contribution is 2.20. The Morgan fingerprint density at radius 1 is 1.22 bits per heavy atom. The van der Waals surface area contributed by atoms with Crippen molar-refractivity contribution in [2.24, 2.45) is 5.41 Å². The molecular weight excluding hydrogens is 228 g/mol. The Bertz CT molecular complexity index is 444. The summed E-state index contributed by atoms with van der Waals surface area (Å²) in [5.41, 5.74) is -0.216. The molecule has 0 N–H and O–H groups in total. The number of benzene rings is 1. The number of allylic oxidation sites excluding steroid dienone is 1. The zero-order valence-electron chi connectivity index (χ0n) is 11.0. The Balaban J connectivity index is 2.76. The van der Waals surface area contributed by atoms with Crippen molar-refractivity contribution >= 4 is 17.8 Å². The third-order valence-electron chi connectivity index (χ3n) is 2.63. The summed E-state index contributed by atoms with van der Waals surface area (Å²) in [6.07, 6.45) is 3.12. The molecule has 1 rings (SSSR count). The predicted octanol–water partition coefficient (Wildman–Crippen LogP) is 2.86. The van der Waals surface area contributed by atoms with E-state index in [1.54, 1.807) is 26.8 Å². The summed E-state index contributed by atoms with van der Waals surface area (Å²) in [5, 5.41) is 0. The molecule has 0 aromatic heterocycles. The second kappa shape index (κ2) is 6.15. The Morgan fingerprint density at radius 3 is 2.39 bits per heavy atom. The molecule has 0 saturated heterocycles. The summed E-state index contributed by atoms with van der Waals surface area (Å²) < 4.78 is 4.89. The summed E-state index contributed by atoms with van der Waals surface area (Å²) in [6, 6.07) is 9.46. The van der Waals surface area contributed by atoms with Crippen molar-refractivity contribution in [2.45, 2.75) is 20.8 Å². The summed E-state index contributed by atoms with van der Waals surface area (Å²) in [7, 11) is 0. The van der Waals surface area contributed by atoms with Crippen molar-refractivity contribution < 1.29 is 14.3 Å². The van der Waals surface area contributed by atoms with E-state index >= 15 is 0 Å². The van der Waals surface area contributed by atoms with Gasteiger partial charge in [0.05, 0.1) is 6.61 Å². The summed E-state index contributed by atoms with van der Waals surface area (Å²) in [6.45, 7) is 5.14. The van der Waals surface area contributed by atoms with Crippen LogP contribution in [0, 0.1) is 5.41 Å². The van der Waals surface area contributed by atoms with E-state index in [-0.39, 0.29) is 12.4 Å². The van der Waals surface area contributed by atoms with Gasteiger partial charge in [-0.05, 0) is 32.4 Å². The zero-order valence-corrected chi connectivity index (χ0v) is 11.0. The van der Waals surface area contributed by atoms with Crippen molar-refractivity contribution in [3.8, 4) is 0 Å². The lowest BCUT2D eigenvalue weighted by Gasteiger charge is -2.18. The molecule has 0 aliphatic carbocycles. The van der Waals surface area contributed by atoms with Crippen LogP contribution in [-0.2, 0) is 14.3 Å². The van der Waals surface area contributed by atoms with E-state index in [2.05, 4.69) is 0 Å². The molecule has 1 aromatic carbocycles. The highest BCUT2D eigenvalue weighted by Gasteiger charge is 2.35. The van der Waals surface area contributed by atoms with Crippen LogP contribution >= 0.6 is 0 Å². The number of hydrogen-bond donors (Lipinski definition) is 0. The van der Waals surface area contributed by atoms with Crippen LogP contribution in [0.1, 0.15) is 26.3 Å². The normalized spacial score (nSPS) is 11.5. The number of hydrogen-bond acceptors (Lipinski definition) is 3. The van der Waals surface area contributed by atoms with Gasteiger partial charge in [-0.2, -0.15) is 0 Å². The number of carbonyl (C=O) groups is 2. The molecule has 1 aromatic rings. The maximum absolute atomic E-state index is 12.0. The van der Waals surface area contributed by atoms with Gasteiger partial charge in [0.15, 0.2) is 5.78 Å². The molecule has 0 unspecified atom stereocenters. The minimum Gasteiger partial charge on any atom is -0.465 e. The van der Waals surface area contributed by atoms with E-state index in [9.17, 15) is 9.59 Å². The fraction of sp³-hybridized carbons (Fsp3) is 0.333. The van der Waals surface area contributed by atoms with Crippen molar-refractivity contribution in [3.63, 3.8) is 0 Å². The van der Waals surface area contributed by atoms with Crippen molar-refractivity contribution in [3.05, 3.63) is 42.0 Å². The molecule has 0 aliphatic heterocycles. The van der Waals surface area contributed by atoms with Crippen LogP contribution in [0.5, 0.6) is 0 Å². The molecule has 0 saturated carbocycles. The summed E-state index contributed by atoms with van der Waals surface area (Å²) >= 11 is 0. The van der Waals surface area contributed by atoms with Gasteiger partial charge >= 0.3 is 5.97 Å². The van der Waals surface area contributed by atoms with Gasteiger partial charge in [-0.3, -0.25) is 9.59 Å². The number of ketones is 1. The summed E-state index contributed by atoms with van der Waals surface area (Å²) in [5.74, 6) is -0.752. The van der Waals surface area contributed by atoms with Gasteiger partial charge in [0.25, 0.3) is 0 Å². The first-order valence-corrected chi connectivity index (χ1v) is 5.93. The number of ether oxygens (including phenoxy) is 1. The fourth-order valence-electron chi connectivity index (χ4n) is 1.36. The minimum absolute atomic E-state index is 0.259. The van der Waals surface area contributed by atoms with E-state index in [0.29, 0.717) is 0 Å². The molecule has 3 nitrogen and oxygen atoms in total. The Labute approximate surface area is 107 Å². The Hall–Kier alpha value is -1.90. The second-order valence-electron chi connectivity index (χ2n) is 4.45. The third kappa shape index (κ3) is 3.55. The Morgan fingerprint density at radius 2 is 1.83 bits per heavy atom. The average Bonchev–Trinajstić information content (AvgIpc) is 2.37. The molecule has 18 heavy (non-hydrogen) atoms. The fourth-order valence-corrected chi connectivity index (χ4v) is 1.36. The number of carbonyl (C=O) groups excluding carboxylic acids is 2. The van der Waals surface area contributed by atoms with Gasteiger partial charge in [0.1, 0.15) is 5.41 Å². The maximum atomic E-state index is 12.0. The largest absolute Gasteiger partial charge is 0.465 e. The molecule has 3 heteroatoms. The van der Waals surface area contributed by atoms with Crippen LogP contribution in [-0.4, -0.2) is 18.4 Å². The molecule has 0 heterocycles. The van der Waals surface area contributed by atoms with Gasteiger partial charge in [0.2, 0.25) is 0 Å². The summed E-state index contributed by atoms with van der Waals surface area (Å²) in [4.78, 5) is 23.6. The van der Waals surface area contributed by atoms with Gasteiger partial charge in [-0.1, -0.05) is 36.4 Å². The molecule has 96 valence electrons. The predicted molar refractivity (Wildman–Crippen MR) is 70.9 cm³/mol. The molecule has 0 aliphatic rings.